The van der Waals surface area contributed by atoms with E-state index in [0.29, 0.717) is 25.3 Å². The van der Waals surface area contributed by atoms with Crippen molar-refractivity contribution in [3.63, 3.8) is 0 Å². The molecule has 1 amide bonds. The number of carbonyl (C=O) groups is 1. The molecule has 1 aromatic rings. The number of rotatable bonds is 8. The molecule has 2 aliphatic rings. The number of piperazine rings is 1. The Morgan fingerprint density at radius 3 is 2.45 bits per heavy atom. The number of anilines is 1. The lowest BCUT2D eigenvalue weighted by atomic mass is 9.84. The lowest BCUT2D eigenvalue weighted by molar-refractivity contribution is -0.122. The highest BCUT2D eigenvalue weighted by Gasteiger charge is 2.24. The Labute approximate surface area is 180 Å². The topological polar surface area (TPSA) is 59.4 Å². The summed E-state index contributed by atoms with van der Waals surface area (Å²) in [5.74, 6) is 0.901. The van der Waals surface area contributed by atoms with Gasteiger partial charge in [-0.15, -0.1) is 0 Å². The van der Waals surface area contributed by atoms with E-state index in [1.54, 1.807) is 0 Å². The van der Waals surface area contributed by atoms with E-state index in [1.807, 2.05) is 12.1 Å². The average Bonchev–Trinajstić information content (AvgIpc) is 2.74. The van der Waals surface area contributed by atoms with Crippen LogP contribution >= 0.6 is 11.6 Å². The number of nitriles is 1. The minimum Gasteiger partial charge on any atom is -0.369 e. The smallest absolute Gasteiger partial charge is 0.220 e. The molecule has 1 heterocycles. The van der Waals surface area contributed by atoms with E-state index in [9.17, 15) is 4.79 Å². The molecule has 0 atom stereocenters. The van der Waals surface area contributed by atoms with Gasteiger partial charge in [-0.2, -0.15) is 5.26 Å². The van der Waals surface area contributed by atoms with E-state index in [0.717, 1.165) is 50.0 Å². The van der Waals surface area contributed by atoms with Crippen LogP contribution < -0.4 is 10.2 Å². The second-order valence-corrected chi connectivity index (χ2v) is 8.83. The van der Waals surface area contributed by atoms with Crippen molar-refractivity contribution in [3.8, 4) is 6.07 Å². The molecule has 0 unspecified atom stereocenters. The number of unbranched alkanes of at least 4 members (excludes halogenated alkanes) is 1. The normalized spacial score (nSPS) is 22.8. The number of carbonyl (C=O) groups excluding carboxylic acids is 1. The summed E-state index contributed by atoms with van der Waals surface area (Å²) in [7, 11) is 0. The van der Waals surface area contributed by atoms with E-state index >= 15 is 0 Å². The summed E-state index contributed by atoms with van der Waals surface area (Å²) in [5, 5.41) is 12.5. The van der Waals surface area contributed by atoms with Crippen molar-refractivity contribution >= 4 is 23.2 Å². The highest BCUT2D eigenvalue weighted by Crippen LogP contribution is 2.27. The van der Waals surface area contributed by atoms with Crippen molar-refractivity contribution in [2.24, 2.45) is 5.92 Å². The highest BCUT2D eigenvalue weighted by atomic mass is 35.5. The van der Waals surface area contributed by atoms with Gasteiger partial charge in [-0.3, -0.25) is 9.69 Å². The van der Waals surface area contributed by atoms with Crippen LogP contribution in [0, 0.1) is 17.2 Å². The maximum absolute atomic E-state index is 11.9. The van der Waals surface area contributed by atoms with Crippen molar-refractivity contribution in [2.45, 2.75) is 57.4 Å². The predicted octanol–water partition coefficient (Wildman–Crippen LogP) is 4.22. The van der Waals surface area contributed by atoms with Crippen LogP contribution in [0.3, 0.4) is 0 Å². The third-order valence-electron chi connectivity index (χ3n) is 6.32. The van der Waals surface area contributed by atoms with Crippen LogP contribution in [0.4, 0.5) is 5.69 Å². The van der Waals surface area contributed by atoms with Gasteiger partial charge in [-0.1, -0.05) is 11.6 Å². The Balaban J connectivity index is 1.29. The second kappa shape index (κ2) is 11.4. The quantitative estimate of drug-likeness (QED) is 0.644. The number of nitrogens with zero attached hydrogens (tertiary/aromatic N) is 3. The van der Waals surface area contributed by atoms with Crippen molar-refractivity contribution in [2.75, 3.05) is 37.6 Å². The van der Waals surface area contributed by atoms with Crippen molar-refractivity contribution in [1.29, 1.82) is 5.26 Å². The molecule has 0 bridgehead atoms. The molecule has 1 N–H and O–H groups in total. The van der Waals surface area contributed by atoms with Gasteiger partial charge in [-0.25, -0.2) is 0 Å². The zero-order chi connectivity index (χ0) is 20.5. The summed E-state index contributed by atoms with van der Waals surface area (Å²) in [6.07, 6.45) is 7.51. The molecule has 0 spiro atoms. The van der Waals surface area contributed by atoms with E-state index < -0.39 is 0 Å². The molecular weight excluding hydrogens is 384 g/mol. The molecule has 6 heteroatoms. The molecule has 3 rings (SSSR count). The number of halogens is 1. The Bertz CT molecular complexity index is 671. The molecule has 1 aromatic carbocycles. The summed E-state index contributed by atoms with van der Waals surface area (Å²) >= 11 is 5.99. The number of hydrogen-bond acceptors (Lipinski definition) is 4. The van der Waals surface area contributed by atoms with Crippen LogP contribution in [0.25, 0.3) is 0 Å². The molecule has 2 fully saturated rings. The van der Waals surface area contributed by atoms with E-state index in [-0.39, 0.29) is 5.91 Å². The number of nitrogens with one attached hydrogen (secondary N) is 1. The average molecular weight is 417 g/mol. The third-order valence-corrected chi connectivity index (χ3v) is 6.57. The molecule has 1 saturated heterocycles. The van der Waals surface area contributed by atoms with Crippen molar-refractivity contribution in [1.82, 2.24) is 10.2 Å². The molecule has 1 saturated carbocycles. The summed E-state index contributed by atoms with van der Waals surface area (Å²) in [6.45, 7) is 5.58. The summed E-state index contributed by atoms with van der Waals surface area (Å²) < 4.78 is 0. The molecule has 29 heavy (non-hydrogen) atoms. The maximum atomic E-state index is 11.9. The summed E-state index contributed by atoms with van der Waals surface area (Å²) in [4.78, 5) is 16.9. The maximum Gasteiger partial charge on any atom is 0.220 e. The Hall–Kier alpha value is -1.77. The van der Waals surface area contributed by atoms with Crippen molar-refractivity contribution in [3.05, 3.63) is 29.3 Å². The van der Waals surface area contributed by atoms with Gasteiger partial charge in [-0.05, 0) is 75.3 Å². The number of amides is 1. The fourth-order valence-corrected chi connectivity index (χ4v) is 4.60. The van der Waals surface area contributed by atoms with Crippen LogP contribution in [0.5, 0.6) is 0 Å². The number of hydrogen-bond donors (Lipinski definition) is 1. The van der Waals surface area contributed by atoms with Crippen LogP contribution in [-0.2, 0) is 4.79 Å². The van der Waals surface area contributed by atoms with Gasteiger partial charge in [0.1, 0.15) is 0 Å². The zero-order valence-corrected chi connectivity index (χ0v) is 18.0. The monoisotopic (exact) mass is 416 g/mol. The lowest BCUT2D eigenvalue weighted by Crippen LogP contribution is -2.47. The minimum atomic E-state index is 0.113. The minimum absolute atomic E-state index is 0.113. The van der Waals surface area contributed by atoms with Crippen LogP contribution in [0.15, 0.2) is 24.3 Å². The molecule has 0 aromatic heterocycles. The number of benzene rings is 1. The Morgan fingerprint density at radius 1 is 1.10 bits per heavy atom. The van der Waals surface area contributed by atoms with E-state index in [2.05, 4.69) is 33.3 Å². The summed E-state index contributed by atoms with van der Waals surface area (Å²) in [5.41, 5.74) is 1.27. The summed E-state index contributed by atoms with van der Waals surface area (Å²) in [6, 6.07) is 10.6. The fourth-order valence-electron chi connectivity index (χ4n) is 4.47. The Kier molecular flexibility index (Phi) is 8.64. The molecular formula is C23H33ClN4O. The van der Waals surface area contributed by atoms with Gasteiger partial charge >= 0.3 is 0 Å². The molecule has 1 aliphatic heterocycles. The first-order chi connectivity index (χ1) is 14.1. The second-order valence-electron chi connectivity index (χ2n) is 8.39. The standard InChI is InChI=1S/C23H33ClN4O/c24-20-6-10-22(11-7-20)28-17-15-27(16-18-28)14-12-19-4-8-21(9-5-19)26-23(29)3-1-2-13-25/h6-7,10-11,19,21H,1-5,8-9,12,14-18H2,(H,26,29)/t19-,21-. The third kappa shape index (κ3) is 7.21. The molecule has 5 nitrogen and oxygen atoms in total. The predicted molar refractivity (Wildman–Crippen MR) is 118 cm³/mol. The first-order valence-corrected chi connectivity index (χ1v) is 11.4. The van der Waals surface area contributed by atoms with Crippen molar-refractivity contribution < 1.29 is 4.79 Å². The van der Waals surface area contributed by atoms with Gasteiger partial charge in [0.05, 0.1) is 6.07 Å². The molecule has 0 radical (unpaired) electrons. The Morgan fingerprint density at radius 2 is 1.79 bits per heavy atom. The van der Waals surface area contributed by atoms with Gasteiger partial charge in [0, 0.05) is 55.8 Å². The van der Waals surface area contributed by atoms with Gasteiger partial charge in [0.2, 0.25) is 5.91 Å². The molecule has 158 valence electrons. The van der Waals surface area contributed by atoms with E-state index in [1.165, 1.54) is 31.5 Å². The first-order valence-electron chi connectivity index (χ1n) is 11.0. The lowest BCUT2D eigenvalue weighted by Gasteiger charge is -2.37. The largest absolute Gasteiger partial charge is 0.369 e. The SMILES string of the molecule is N#CCCCC(=O)N[C@H]1CC[C@H](CCN2CCN(c3ccc(Cl)cc3)CC2)CC1. The highest BCUT2D eigenvalue weighted by molar-refractivity contribution is 6.30. The van der Waals surface area contributed by atoms with Crippen LogP contribution in [0.1, 0.15) is 51.4 Å². The fraction of sp³-hybridized carbons (Fsp3) is 0.652. The molecule has 1 aliphatic carbocycles. The van der Waals surface area contributed by atoms with Gasteiger partial charge in [0.25, 0.3) is 0 Å². The van der Waals surface area contributed by atoms with Crippen LogP contribution in [0.2, 0.25) is 5.02 Å². The first kappa shape index (κ1) is 21.9. The van der Waals surface area contributed by atoms with E-state index in [4.69, 9.17) is 16.9 Å². The zero-order valence-electron chi connectivity index (χ0n) is 17.3. The van der Waals surface area contributed by atoms with Gasteiger partial charge < -0.3 is 10.2 Å². The van der Waals surface area contributed by atoms with Gasteiger partial charge in [0.15, 0.2) is 0 Å². The van der Waals surface area contributed by atoms with Crippen LogP contribution in [-0.4, -0.2) is 49.6 Å².